The molecule has 8 heteroatoms. The molecule has 0 spiro atoms. The monoisotopic (exact) mass is 292 g/mol. The second-order valence-corrected chi connectivity index (χ2v) is 7.35. The maximum Gasteiger partial charge on any atom is 0.420 e. The molecule has 1 fully saturated rings. The third-order valence-corrected chi connectivity index (χ3v) is 4.23. The van der Waals surface area contributed by atoms with Crippen molar-refractivity contribution in [3.05, 3.63) is 0 Å². The summed E-state index contributed by atoms with van der Waals surface area (Å²) >= 11 is 0. The van der Waals surface area contributed by atoms with Crippen LogP contribution in [-0.2, 0) is 24.2 Å². The molecule has 1 saturated carbocycles. The molecule has 0 aromatic rings. The summed E-state index contributed by atoms with van der Waals surface area (Å²) in [6, 6.07) is 0. The predicted octanol–water partition coefficient (Wildman–Crippen LogP) is 1.42. The van der Waals surface area contributed by atoms with Gasteiger partial charge in [0.25, 0.3) is 0 Å². The molecule has 2 N–H and O–H groups in total. The third kappa shape index (κ3) is 4.70. The summed E-state index contributed by atoms with van der Waals surface area (Å²) < 4.78 is 31.4. The SMILES string of the molecule is CCOC(=O)C1C[C@@H]1S(=N)(=O)NC(=O)OC(C)(C)C. The van der Waals surface area contributed by atoms with Crippen molar-refractivity contribution in [3.63, 3.8) is 0 Å². The second-order valence-electron chi connectivity index (χ2n) is 5.34. The van der Waals surface area contributed by atoms with Gasteiger partial charge in [0.05, 0.1) is 17.8 Å². The van der Waals surface area contributed by atoms with E-state index in [4.69, 9.17) is 14.3 Å². The highest BCUT2D eigenvalue weighted by atomic mass is 32.2. The molecule has 0 heterocycles. The zero-order valence-electron chi connectivity index (χ0n) is 11.5. The van der Waals surface area contributed by atoms with E-state index in [9.17, 15) is 13.8 Å². The van der Waals surface area contributed by atoms with Gasteiger partial charge in [-0.3, -0.25) is 4.79 Å². The molecule has 1 aliphatic rings. The quantitative estimate of drug-likeness (QED) is 0.762. The van der Waals surface area contributed by atoms with Crippen molar-refractivity contribution in [2.45, 2.75) is 45.0 Å². The average Bonchev–Trinajstić information content (AvgIpc) is 2.92. The Bertz CT molecular complexity index is 466. The van der Waals surface area contributed by atoms with Gasteiger partial charge < -0.3 is 9.47 Å². The molecule has 0 aromatic carbocycles. The van der Waals surface area contributed by atoms with Gasteiger partial charge in [-0.2, -0.15) is 0 Å². The number of nitrogens with one attached hydrogen (secondary N) is 2. The van der Waals surface area contributed by atoms with Crippen LogP contribution >= 0.6 is 0 Å². The fraction of sp³-hybridized carbons (Fsp3) is 0.818. The van der Waals surface area contributed by atoms with Gasteiger partial charge in [-0.15, -0.1) is 0 Å². The number of hydrogen-bond donors (Lipinski definition) is 2. The van der Waals surface area contributed by atoms with Crippen LogP contribution in [-0.4, -0.2) is 33.7 Å². The van der Waals surface area contributed by atoms with Gasteiger partial charge in [0.2, 0.25) is 0 Å². The molecule has 110 valence electrons. The van der Waals surface area contributed by atoms with Gasteiger partial charge in [0.15, 0.2) is 0 Å². The van der Waals surface area contributed by atoms with Crippen LogP contribution in [0.15, 0.2) is 0 Å². The van der Waals surface area contributed by atoms with Crippen molar-refractivity contribution in [1.82, 2.24) is 4.72 Å². The van der Waals surface area contributed by atoms with Crippen LogP contribution in [0.4, 0.5) is 4.79 Å². The van der Waals surface area contributed by atoms with Crippen molar-refractivity contribution in [1.29, 1.82) is 4.78 Å². The summed E-state index contributed by atoms with van der Waals surface area (Å²) in [5, 5.41) is -0.695. The highest BCUT2D eigenvalue weighted by Crippen LogP contribution is 2.38. The molecule has 0 bridgehead atoms. The maximum atomic E-state index is 12.0. The van der Waals surface area contributed by atoms with Gasteiger partial charge in [0.1, 0.15) is 15.5 Å². The lowest BCUT2D eigenvalue weighted by molar-refractivity contribution is -0.144. The Balaban J connectivity index is 2.55. The molecule has 7 nitrogen and oxygen atoms in total. The lowest BCUT2D eigenvalue weighted by Gasteiger charge is -2.20. The van der Waals surface area contributed by atoms with Crippen molar-refractivity contribution >= 4 is 22.0 Å². The molecule has 1 aliphatic carbocycles. The van der Waals surface area contributed by atoms with Gasteiger partial charge in [-0.25, -0.2) is 18.5 Å². The number of esters is 1. The number of carbonyl (C=O) groups excluding carboxylic acids is 2. The molecule has 0 radical (unpaired) electrons. The lowest BCUT2D eigenvalue weighted by Crippen LogP contribution is -2.38. The van der Waals surface area contributed by atoms with Crippen molar-refractivity contribution < 1.29 is 23.3 Å². The largest absolute Gasteiger partial charge is 0.466 e. The van der Waals surface area contributed by atoms with Gasteiger partial charge in [-0.1, -0.05) is 0 Å². The van der Waals surface area contributed by atoms with Crippen LogP contribution in [0, 0.1) is 10.7 Å². The molecule has 0 aliphatic heterocycles. The molecule has 1 amide bonds. The summed E-state index contributed by atoms with van der Waals surface area (Å²) in [4.78, 5) is 22.9. The zero-order valence-corrected chi connectivity index (χ0v) is 12.3. The normalized spacial score (nSPS) is 25.1. The topological polar surface area (TPSA) is 106 Å². The first-order valence-electron chi connectivity index (χ1n) is 6.02. The lowest BCUT2D eigenvalue weighted by atomic mass is 10.2. The minimum absolute atomic E-state index is 0.237. The van der Waals surface area contributed by atoms with E-state index in [1.54, 1.807) is 27.7 Å². The van der Waals surface area contributed by atoms with Crippen LogP contribution in [0.2, 0.25) is 0 Å². The molecule has 0 aromatic heterocycles. The van der Waals surface area contributed by atoms with Crippen LogP contribution < -0.4 is 4.72 Å². The number of hydrogen-bond acceptors (Lipinski definition) is 6. The van der Waals surface area contributed by atoms with Crippen LogP contribution in [0.25, 0.3) is 0 Å². The average molecular weight is 292 g/mol. The van der Waals surface area contributed by atoms with E-state index in [1.165, 1.54) is 0 Å². The van der Waals surface area contributed by atoms with Crippen molar-refractivity contribution in [2.75, 3.05) is 6.61 Å². The number of ether oxygens (including phenoxy) is 2. The highest BCUT2D eigenvalue weighted by molar-refractivity contribution is 7.92. The standard InChI is InChI=1S/C11H20N2O5S/c1-5-17-9(14)7-6-8(7)19(12,16)13-10(15)18-11(2,3)4/h7-8H,5-6H2,1-4H3,(H2,12,13,15,16)/t7?,8-,19?/m0/s1. The van der Waals surface area contributed by atoms with E-state index < -0.39 is 38.7 Å². The Hall–Kier alpha value is -1.31. The fourth-order valence-corrected chi connectivity index (χ4v) is 3.03. The first-order chi connectivity index (χ1) is 8.57. The minimum atomic E-state index is -3.40. The van der Waals surface area contributed by atoms with Crippen molar-refractivity contribution in [2.24, 2.45) is 5.92 Å². The van der Waals surface area contributed by atoms with Crippen LogP contribution in [0.3, 0.4) is 0 Å². The van der Waals surface area contributed by atoms with E-state index in [2.05, 4.69) is 0 Å². The van der Waals surface area contributed by atoms with Gasteiger partial charge >= 0.3 is 12.1 Å². The molecular formula is C11H20N2O5S. The van der Waals surface area contributed by atoms with Crippen LogP contribution in [0.1, 0.15) is 34.1 Å². The fourth-order valence-electron chi connectivity index (χ4n) is 1.53. The Morgan fingerprint density at radius 3 is 2.47 bits per heavy atom. The highest BCUT2D eigenvalue weighted by Gasteiger charge is 2.51. The summed E-state index contributed by atoms with van der Waals surface area (Å²) in [5.74, 6) is -1.04. The third-order valence-electron chi connectivity index (χ3n) is 2.38. The minimum Gasteiger partial charge on any atom is -0.466 e. The second kappa shape index (κ2) is 5.36. The first kappa shape index (κ1) is 15.7. The van der Waals surface area contributed by atoms with Crippen molar-refractivity contribution in [3.8, 4) is 0 Å². The van der Waals surface area contributed by atoms with E-state index in [-0.39, 0.29) is 13.0 Å². The maximum absolute atomic E-state index is 12.0. The smallest absolute Gasteiger partial charge is 0.420 e. The Morgan fingerprint density at radius 2 is 2.00 bits per heavy atom. The Kier molecular flexibility index (Phi) is 4.44. The summed E-state index contributed by atoms with van der Waals surface area (Å²) in [5.41, 5.74) is -0.732. The van der Waals surface area contributed by atoms with Crippen LogP contribution in [0.5, 0.6) is 0 Å². The Morgan fingerprint density at radius 1 is 1.42 bits per heavy atom. The first-order valence-corrected chi connectivity index (χ1v) is 7.64. The summed E-state index contributed by atoms with van der Waals surface area (Å²) in [6.07, 6.45) is -0.626. The molecule has 2 unspecified atom stereocenters. The predicted molar refractivity (Wildman–Crippen MR) is 68.8 cm³/mol. The molecule has 19 heavy (non-hydrogen) atoms. The number of amides is 1. The zero-order chi connectivity index (χ0) is 14.8. The Labute approximate surface area is 113 Å². The summed E-state index contributed by atoms with van der Waals surface area (Å²) in [6.45, 7) is 6.90. The van der Waals surface area contributed by atoms with E-state index in [0.29, 0.717) is 0 Å². The summed E-state index contributed by atoms with van der Waals surface area (Å²) in [7, 11) is -3.40. The number of carbonyl (C=O) groups is 2. The van der Waals surface area contributed by atoms with E-state index >= 15 is 0 Å². The van der Waals surface area contributed by atoms with Gasteiger partial charge in [0, 0.05) is 0 Å². The number of rotatable bonds is 4. The molecule has 3 atom stereocenters. The van der Waals surface area contributed by atoms with E-state index in [0.717, 1.165) is 0 Å². The van der Waals surface area contributed by atoms with E-state index in [1.807, 2.05) is 4.72 Å². The molecular weight excluding hydrogens is 272 g/mol. The molecule has 1 rings (SSSR count). The van der Waals surface area contributed by atoms with Gasteiger partial charge in [-0.05, 0) is 34.1 Å². The molecule has 0 saturated heterocycles.